The molecule has 1 amide bonds. The highest BCUT2D eigenvalue weighted by Gasteiger charge is 2.23. The first kappa shape index (κ1) is 7.34. The van der Waals surface area contributed by atoms with E-state index in [2.05, 4.69) is 10.2 Å². The Labute approximate surface area is 70.1 Å². The molecule has 0 spiro atoms. The summed E-state index contributed by atoms with van der Waals surface area (Å²) in [6, 6.07) is 0. The lowest BCUT2D eigenvalue weighted by atomic mass is 9.87. The molecule has 0 saturated carbocycles. The molecule has 3 N–H and O–H groups in total. The highest BCUT2D eigenvalue weighted by Crippen LogP contribution is 2.22. The summed E-state index contributed by atoms with van der Waals surface area (Å²) in [5, 5.41) is 6.84. The number of hydrogen-bond acceptors (Lipinski definition) is 2. The Kier molecular flexibility index (Phi) is 1.60. The first-order chi connectivity index (χ1) is 5.77. The number of hydrogen-bond donors (Lipinski definition) is 2. The molecule has 64 valence electrons. The van der Waals surface area contributed by atoms with Gasteiger partial charge in [0, 0.05) is 11.6 Å². The summed E-state index contributed by atoms with van der Waals surface area (Å²) in [5.41, 5.74) is 7.53. The molecule has 0 radical (unpaired) electrons. The lowest BCUT2D eigenvalue weighted by molar-refractivity contribution is -0.122. The Balaban J connectivity index is 2.20. The minimum atomic E-state index is -0.193. The van der Waals surface area contributed by atoms with E-state index in [1.165, 1.54) is 0 Å². The SMILES string of the molecule is NC(=O)[C@@H]1CCc2[nH]ncc2C1. The fourth-order valence-corrected chi connectivity index (χ4v) is 1.66. The summed E-state index contributed by atoms with van der Waals surface area (Å²) in [4.78, 5) is 10.9. The molecule has 12 heavy (non-hydrogen) atoms. The molecule has 0 saturated heterocycles. The van der Waals surface area contributed by atoms with E-state index in [0.29, 0.717) is 0 Å². The number of nitrogens with two attached hydrogens (primary N) is 1. The van der Waals surface area contributed by atoms with Gasteiger partial charge >= 0.3 is 0 Å². The van der Waals surface area contributed by atoms with Crippen molar-refractivity contribution >= 4 is 5.91 Å². The number of carbonyl (C=O) groups is 1. The van der Waals surface area contributed by atoms with Crippen molar-refractivity contribution in [1.29, 1.82) is 0 Å². The van der Waals surface area contributed by atoms with Gasteiger partial charge in [0.25, 0.3) is 0 Å². The number of aryl methyl sites for hydroxylation is 1. The number of rotatable bonds is 1. The second kappa shape index (κ2) is 2.62. The third-order valence-corrected chi connectivity index (χ3v) is 2.42. The molecule has 4 heteroatoms. The third-order valence-electron chi connectivity index (χ3n) is 2.42. The maximum absolute atomic E-state index is 10.9. The van der Waals surface area contributed by atoms with E-state index >= 15 is 0 Å². The van der Waals surface area contributed by atoms with Crippen LogP contribution in [-0.2, 0) is 17.6 Å². The Morgan fingerprint density at radius 2 is 2.58 bits per heavy atom. The van der Waals surface area contributed by atoms with Gasteiger partial charge in [-0.1, -0.05) is 0 Å². The molecule has 1 heterocycles. The van der Waals surface area contributed by atoms with Crippen molar-refractivity contribution in [2.24, 2.45) is 11.7 Å². The summed E-state index contributed by atoms with van der Waals surface area (Å²) in [6.45, 7) is 0. The topological polar surface area (TPSA) is 71.8 Å². The Hall–Kier alpha value is -1.32. The van der Waals surface area contributed by atoms with Gasteiger partial charge in [0.15, 0.2) is 0 Å². The van der Waals surface area contributed by atoms with Crippen molar-refractivity contribution < 1.29 is 4.79 Å². The van der Waals surface area contributed by atoms with Gasteiger partial charge < -0.3 is 5.73 Å². The van der Waals surface area contributed by atoms with Crippen LogP contribution in [-0.4, -0.2) is 16.1 Å². The van der Waals surface area contributed by atoms with Crippen LogP contribution in [0, 0.1) is 5.92 Å². The number of aromatic nitrogens is 2. The van der Waals surface area contributed by atoms with E-state index in [9.17, 15) is 4.79 Å². The lowest BCUT2D eigenvalue weighted by Gasteiger charge is -2.17. The van der Waals surface area contributed by atoms with Crippen LogP contribution in [0.1, 0.15) is 17.7 Å². The predicted molar refractivity (Wildman–Crippen MR) is 43.3 cm³/mol. The number of nitrogens with one attached hydrogen (secondary N) is 1. The van der Waals surface area contributed by atoms with Gasteiger partial charge in [0.2, 0.25) is 5.91 Å². The monoisotopic (exact) mass is 165 g/mol. The van der Waals surface area contributed by atoms with Gasteiger partial charge in [-0.3, -0.25) is 9.89 Å². The number of primary amides is 1. The first-order valence-electron chi connectivity index (χ1n) is 4.08. The van der Waals surface area contributed by atoms with E-state index in [1.54, 1.807) is 6.20 Å². The summed E-state index contributed by atoms with van der Waals surface area (Å²) in [7, 11) is 0. The Morgan fingerprint density at radius 3 is 3.33 bits per heavy atom. The van der Waals surface area contributed by atoms with Crippen LogP contribution in [0.4, 0.5) is 0 Å². The average Bonchev–Trinajstić information content (AvgIpc) is 2.49. The van der Waals surface area contributed by atoms with Crippen molar-refractivity contribution in [1.82, 2.24) is 10.2 Å². The van der Waals surface area contributed by atoms with Crippen molar-refractivity contribution in [3.8, 4) is 0 Å². The summed E-state index contributed by atoms with van der Waals surface area (Å²) < 4.78 is 0. The maximum Gasteiger partial charge on any atom is 0.220 e. The lowest BCUT2D eigenvalue weighted by Crippen LogP contribution is -2.28. The summed E-state index contributed by atoms with van der Waals surface area (Å²) >= 11 is 0. The molecule has 0 aromatic carbocycles. The van der Waals surface area contributed by atoms with Crippen molar-refractivity contribution in [3.63, 3.8) is 0 Å². The molecular formula is C8H11N3O. The zero-order valence-corrected chi connectivity index (χ0v) is 6.71. The Morgan fingerprint density at radius 1 is 1.75 bits per heavy atom. The number of carbonyl (C=O) groups excluding carboxylic acids is 1. The second-order valence-electron chi connectivity index (χ2n) is 3.22. The summed E-state index contributed by atoms with van der Waals surface area (Å²) in [5.74, 6) is -0.183. The average molecular weight is 165 g/mol. The largest absolute Gasteiger partial charge is 0.369 e. The van der Waals surface area contributed by atoms with Gasteiger partial charge in [-0.25, -0.2) is 0 Å². The number of H-pyrrole nitrogens is 1. The van der Waals surface area contributed by atoms with Gasteiger partial charge in [-0.05, 0) is 24.8 Å². The smallest absolute Gasteiger partial charge is 0.220 e. The molecule has 4 nitrogen and oxygen atoms in total. The Bertz CT molecular complexity index is 305. The molecule has 1 aliphatic carbocycles. The highest BCUT2D eigenvalue weighted by molar-refractivity contribution is 5.77. The van der Waals surface area contributed by atoms with E-state index in [1.807, 2.05) is 0 Å². The minimum Gasteiger partial charge on any atom is -0.369 e. The van der Waals surface area contributed by atoms with Gasteiger partial charge in [-0.15, -0.1) is 0 Å². The third kappa shape index (κ3) is 1.09. The normalized spacial score (nSPS) is 21.8. The molecule has 2 rings (SSSR count). The number of aromatic amines is 1. The zero-order chi connectivity index (χ0) is 8.55. The molecule has 1 aromatic heterocycles. The van der Waals surface area contributed by atoms with Crippen LogP contribution in [0.25, 0.3) is 0 Å². The maximum atomic E-state index is 10.9. The standard InChI is InChI=1S/C8H11N3O/c9-8(12)5-1-2-7-6(3-5)4-10-11-7/h4-5H,1-3H2,(H2,9,12)(H,10,11)/t5-/m1/s1. The number of amides is 1. The quantitative estimate of drug-likeness (QED) is 0.614. The van der Waals surface area contributed by atoms with Gasteiger partial charge in [0.05, 0.1) is 6.20 Å². The fraction of sp³-hybridized carbons (Fsp3) is 0.500. The molecule has 1 aliphatic rings. The van der Waals surface area contributed by atoms with E-state index in [0.717, 1.165) is 30.5 Å². The first-order valence-corrected chi connectivity index (χ1v) is 4.08. The number of fused-ring (bicyclic) bond motifs is 1. The van der Waals surface area contributed by atoms with Crippen molar-refractivity contribution in [2.45, 2.75) is 19.3 Å². The van der Waals surface area contributed by atoms with Crippen LogP contribution in [0.3, 0.4) is 0 Å². The molecule has 0 unspecified atom stereocenters. The van der Waals surface area contributed by atoms with Crippen LogP contribution in [0.2, 0.25) is 0 Å². The molecule has 1 aromatic rings. The molecule has 0 bridgehead atoms. The molecular weight excluding hydrogens is 154 g/mol. The van der Waals surface area contributed by atoms with Crippen LogP contribution in [0.15, 0.2) is 6.20 Å². The van der Waals surface area contributed by atoms with E-state index in [-0.39, 0.29) is 11.8 Å². The zero-order valence-electron chi connectivity index (χ0n) is 6.71. The van der Waals surface area contributed by atoms with Crippen LogP contribution < -0.4 is 5.73 Å². The van der Waals surface area contributed by atoms with E-state index in [4.69, 9.17) is 5.73 Å². The molecule has 0 aliphatic heterocycles. The molecule has 0 fully saturated rings. The van der Waals surface area contributed by atoms with Gasteiger partial charge in [0.1, 0.15) is 0 Å². The van der Waals surface area contributed by atoms with Crippen LogP contribution in [0.5, 0.6) is 0 Å². The fourth-order valence-electron chi connectivity index (χ4n) is 1.66. The summed E-state index contributed by atoms with van der Waals surface area (Å²) in [6.07, 6.45) is 4.28. The second-order valence-corrected chi connectivity index (χ2v) is 3.22. The van der Waals surface area contributed by atoms with Crippen LogP contribution >= 0.6 is 0 Å². The van der Waals surface area contributed by atoms with Crippen molar-refractivity contribution in [2.75, 3.05) is 0 Å². The van der Waals surface area contributed by atoms with E-state index < -0.39 is 0 Å². The predicted octanol–water partition coefficient (Wildman–Crippen LogP) is -0.000100. The molecule has 1 atom stereocenters. The number of nitrogens with zero attached hydrogens (tertiary/aromatic N) is 1. The highest BCUT2D eigenvalue weighted by atomic mass is 16.1. The minimum absolute atomic E-state index is 0.00935. The van der Waals surface area contributed by atoms with Crippen molar-refractivity contribution in [3.05, 3.63) is 17.5 Å². The van der Waals surface area contributed by atoms with Gasteiger partial charge in [-0.2, -0.15) is 5.10 Å².